The van der Waals surface area contributed by atoms with E-state index in [1.165, 1.54) is 0 Å². The number of piperazine rings is 1. The second kappa shape index (κ2) is 6.68. The SMILES string of the molecule is CNC1COCC1C(=O)N1CCN(CC(C)C)CC1. The van der Waals surface area contributed by atoms with E-state index in [9.17, 15) is 4.79 Å². The highest BCUT2D eigenvalue weighted by atomic mass is 16.5. The lowest BCUT2D eigenvalue weighted by Gasteiger charge is -2.37. The lowest BCUT2D eigenvalue weighted by molar-refractivity contribution is -0.137. The first-order valence-electron chi connectivity index (χ1n) is 7.38. The molecule has 1 N–H and O–H groups in total. The summed E-state index contributed by atoms with van der Waals surface area (Å²) >= 11 is 0. The summed E-state index contributed by atoms with van der Waals surface area (Å²) in [4.78, 5) is 17.0. The molecule has 0 spiro atoms. The molecule has 2 unspecified atom stereocenters. The zero-order valence-electron chi connectivity index (χ0n) is 12.4. The third-order valence-corrected chi connectivity index (χ3v) is 4.08. The first-order valence-corrected chi connectivity index (χ1v) is 7.38. The van der Waals surface area contributed by atoms with Crippen LogP contribution in [0, 0.1) is 11.8 Å². The molecule has 1 amide bonds. The van der Waals surface area contributed by atoms with E-state index in [-0.39, 0.29) is 17.9 Å². The summed E-state index contributed by atoms with van der Waals surface area (Å²) in [5, 5.41) is 3.19. The van der Waals surface area contributed by atoms with Crippen LogP contribution in [0.5, 0.6) is 0 Å². The number of likely N-dealkylation sites (N-methyl/N-ethyl adjacent to an activating group) is 1. The number of hydrogen-bond acceptors (Lipinski definition) is 4. The Balaban J connectivity index is 1.82. The van der Waals surface area contributed by atoms with Crippen molar-refractivity contribution >= 4 is 5.91 Å². The Hall–Kier alpha value is -0.650. The van der Waals surface area contributed by atoms with E-state index in [2.05, 4.69) is 24.1 Å². The molecule has 2 aliphatic heterocycles. The van der Waals surface area contributed by atoms with Gasteiger partial charge in [-0.1, -0.05) is 13.8 Å². The van der Waals surface area contributed by atoms with Crippen molar-refractivity contribution in [3.63, 3.8) is 0 Å². The number of carbonyl (C=O) groups excluding carboxylic acids is 1. The van der Waals surface area contributed by atoms with Crippen LogP contribution in [0.1, 0.15) is 13.8 Å². The van der Waals surface area contributed by atoms with E-state index in [0.29, 0.717) is 19.1 Å². The average molecular weight is 269 g/mol. The molecule has 2 saturated heterocycles. The van der Waals surface area contributed by atoms with Crippen molar-refractivity contribution in [1.29, 1.82) is 0 Å². The van der Waals surface area contributed by atoms with E-state index >= 15 is 0 Å². The standard InChI is InChI=1S/C14H27N3O2/c1-11(2)8-16-4-6-17(7-5-16)14(18)12-9-19-10-13(12)15-3/h11-13,15H,4-10H2,1-3H3. The van der Waals surface area contributed by atoms with Crippen LogP contribution in [0.25, 0.3) is 0 Å². The van der Waals surface area contributed by atoms with Crippen molar-refractivity contribution in [2.45, 2.75) is 19.9 Å². The molecule has 2 atom stereocenters. The van der Waals surface area contributed by atoms with Gasteiger partial charge in [-0.3, -0.25) is 9.69 Å². The molecule has 0 aromatic heterocycles. The number of rotatable bonds is 4. The first-order chi connectivity index (χ1) is 9.11. The topological polar surface area (TPSA) is 44.8 Å². The average Bonchev–Trinajstić information content (AvgIpc) is 2.86. The molecule has 2 aliphatic rings. The molecule has 0 aliphatic carbocycles. The Morgan fingerprint density at radius 3 is 2.53 bits per heavy atom. The molecule has 19 heavy (non-hydrogen) atoms. The van der Waals surface area contributed by atoms with E-state index < -0.39 is 0 Å². The van der Waals surface area contributed by atoms with Crippen LogP contribution in [0.15, 0.2) is 0 Å². The molecular formula is C14H27N3O2. The maximum atomic E-state index is 12.5. The maximum absolute atomic E-state index is 12.5. The van der Waals surface area contributed by atoms with E-state index in [1.54, 1.807) is 0 Å². The molecule has 2 rings (SSSR count). The number of ether oxygens (including phenoxy) is 1. The van der Waals surface area contributed by atoms with Gasteiger partial charge in [0.05, 0.1) is 19.1 Å². The number of hydrogen-bond donors (Lipinski definition) is 1. The molecule has 5 heteroatoms. The van der Waals surface area contributed by atoms with Crippen LogP contribution in [0.2, 0.25) is 0 Å². The van der Waals surface area contributed by atoms with Crippen molar-refractivity contribution in [2.24, 2.45) is 11.8 Å². The highest BCUT2D eigenvalue weighted by Crippen LogP contribution is 2.18. The quantitative estimate of drug-likeness (QED) is 0.781. The van der Waals surface area contributed by atoms with Crippen LogP contribution in [0.3, 0.4) is 0 Å². The normalized spacial score (nSPS) is 29.2. The minimum Gasteiger partial charge on any atom is -0.379 e. The van der Waals surface area contributed by atoms with Crippen molar-refractivity contribution in [3.8, 4) is 0 Å². The van der Waals surface area contributed by atoms with Crippen molar-refractivity contribution in [1.82, 2.24) is 15.1 Å². The van der Waals surface area contributed by atoms with Crippen LogP contribution in [-0.4, -0.2) is 74.7 Å². The van der Waals surface area contributed by atoms with Crippen molar-refractivity contribution in [3.05, 3.63) is 0 Å². The van der Waals surface area contributed by atoms with Crippen LogP contribution < -0.4 is 5.32 Å². The van der Waals surface area contributed by atoms with Crippen molar-refractivity contribution < 1.29 is 9.53 Å². The highest BCUT2D eigenvalue weighted by Gasteiger charge is 2.36. The molecular weight excluding hydrogens is 242 g/mol. The molecule has 0 aromatic carbocycles. The second-order valence-electron chi connectivity index (χ2n) is 6.06. The molecule has 0 bridgehead atoms. The number of carbonyl (C=O) groups is 1. The van der Waals surface area contributed by atoms with Gasteiger partial charge in [0.15, 0.2) is 0 Å². The zero-order valence-corrected chi connectivity index (χ0v) is 12.4. The van der Waals surface area contributed by atoms with E-state index in [0.717, 1.165) is 32.7 Å². The number of amides is 1. The van der Waals surface area contributed by atoms with Crippen LogP contribution >= 0.6 is 0 Å². The lowest BCUT2D eigenvalue weighted by atomic mass is 10.0. The van der Waals surface area contributed by atoms with E-state index in [1.807, 2.05) is 11.9 Å². The zero-order chi connectivity index (χ0) is 13.8. The van der Waals surface area contributed by atoms with Gasteiger partial charge in [0.2, 0.25) is 5.91 Å². The Morgan fingerprint density at radius 2 is 1.95 bits per heavy atom. The largest absolute Gasteiger partial charge is 0.379 e. The van der Waals surface area contributed by atoms with Gasteiger partial charge in [0, 0.05) is 38.8 Å². The first kappa shape index (κ1) is 14.8. The predicted octanol–water partition coefficient (Wildman–Crippen LogP) is 0.0210. The van der Waals surface area contributed by atoms with E-state index in [4.69, 9.17) is 4.74 Å². The van der Waals surface area contributed by atoms with Gasteiger partial charge in [-0.25, -0.2) is 0 Å². The lowest BCUT2D eigenvalue weighted by Crippen LogP contribution is -2.53. The number of nitrogens with one attached hydrogen (secondary N) is 1. The summed E-state index contributed by atoms with van der Waals surface area (Å²) in [6, 6.07) is 0.182. The molecule has 2 heterocycles. The summed E-state index contributed by atoms with van der Waals surface area (Å²) in [6.07, 6.45) is 0. The summed E-state index contributed by atoms with van der Waals surface area (Å²) in [5.74, 6) is 0.960. The fraction of sp³-hybridized carbons (Fsp3) is 0.929. The van der Waals surface area contributed by atoms with Crippen molar-refractivity contribution in [2.75, 3.05) is 53.0 Å². The fourth-order valence-corrected chi connectivity index (χ4v) is 2.98. The summed E-state index contributed by atoms with van der Waals surface area (Å²) in [7, 11) is 1.90. The molecule has 5 nitrogen and oxygen atoms in total. The summed E-state index contributed by atoms with van der Waals surface area (Å²) in [6.45, 7) is 10.6. The Labute approximate surface area is 116 Å². The third kappa shape index (κ3) is 3.68. The van der Waals surface area contributed by atoms with Crippen LogP contribution in [-0.2, 0) is 9.53 Å². The summed E-state index contributed by atoms with van der Waals surface area (Å²) < 4.78 is 5.43. The maximum Gasteiger partial charge on any atom is 0.229 e. The molecule has 2 fully saturated rings. The third-order valence-electron chi connectivity index (χ3n) is 4.08. The predicted molar refractivity (Wildman–Crippen MR) is 75.0 cm³/mol. The minimum atomic E-state index is 0.00153. The molecule has 0 aromatic rings. The smallest absolute Gasteiger partial charge is 0.229 e. The molecule has 0 saturated carbocycles. The Morgan fingerprint density at radius 1 is 1.26 bits per heavy atom. The minimum absolute atomic E-state index is 0.00153. The van der Waals surface area contributed by atoms with Gasteiger partial charge in [-0.2, -0.15) is 0 Å². The van der Waals surface area contributed by atoms with Gasteiger partial charge in [-0.15, -0.1) is 0 Å². The summed E-state index contributed by atoms with van der Waals surface area (Å²) in [5.41, 5.74) is 0. The van der Waals surface area contributed by atoms with Gasteiger partial charge >= 0.3 is 0 Å². The Bertz CT molecular complexity index is 301. The van der Waals surface area contributed by atoms with Gasteiger partial charge < -0.3 is 15.0 Å². The van der Waals surface area contributed by atoms with Gasteiger partial charge in [-0.05, 0) is 13.0 Å². The van der Waals surface area contributed by atoms with Gasteiger partial charge in [0.1, 0.15) is 0 Å². The monoisotopic (exact) mass is 269 g/mol. The van der Waals surface area contributed by atoms with Crippen LogP contribution in [0.4, 0.5) is 0 Å². The molecule has 110 valence electrons. The molecule has 0 radical (unpaired) electrons. The second-order valence-corrected chi connectivity index (χ2v) is 6.06. The number of nitrogens with zero attached hydrogens (tertiary/aromatic N) is 2. The van der Waals surface area contributed by atoms with Gasteiger partial charge in [0.25, 0.3) is 0 Å². The highest BCUT2D eigenvalue weighted by molar-refractivity contribution is 5.80. The fourth-order valence-electron chi connectivity index (χ4n) is 2.98. The Kier molecular flexibility index (Phi) is 5.19.